The molecule has 0 saturated heterocycles. The van der Waals surface area contributed by atoms with Crippen molar-refractivity contribution in [1.82, 2.24) is 0 Å². The van der Waals surface area contributed by atoms with Gasteiger partial charge in [-0.3, -0.25) is 22.0 Å². The molecule has 0 amide bonds. The second kappa shape index (κ2) is 29.8. The summed E-state index contributed by atoms with van der Waals surface area (Å²) in [6, 6.07) is 44.5. The van der Waals surface area contributed by atoms with Crippen molar-refractivity contribution in [2.45, 2.75) is 230 Å². The highest BCUT2D eigenvalue weighted by Gasteiger charge is 2.29. The molecule has 0 bridgehead atoms. The summed E-state index contributed by atoms with van der Waals surface area (Å²) in [5.41, 5.74) is 12.6. The number of unbranched alkanes of at least 4 members (excludes halogenated alkanes) is 1. The minimum absolute atomic E-state index is 0.0133. The van der Waals surface area contributed by atoms with E-state index in [1.807, 2.05) is 6.92 Å². The Morgan fingerprint density at radius 1 is 0.308 bits per heavy atom. The Morgan fingerprint density at radius 2 is 0.551 bits per heavy atom. The van der Waals surface area contributed by atoms with Gasteiger partial charge in [-0.25, -0.2) is 0 Å². The molecule has 0 radical (unpaired) electrons. The van der Waals surface area contributed by atoms with Crippen LogP contribution in [0.15, 0.2) is 128 Å². The maximum atomic E-state index is 14.1. The van der Waals surface area contributed by atoms with E-state index in [1.54, 1.807) is 0 Å². The molecule has 0 saturated carbocycles. The van der Waals surface area contributed by atoms with Gasteiger partial charge >= 0.3 is 0 Å². The van der Waals surface area contributed by atoms with E-state index in [2.05, 4.69) is 197 Å². The zero-order valence-corrected chi connectivity index (χ0v) is 50.3. The van der Waals surface area contributed by atoms with Crippen LogP contribution in [0.1, 0.15) is 258 Å². The van der Waals surface area contributed by atoms with Crippen LogP contribution in [0.25, 0.3) is 5.57 Å². The van der Waals surface area contributed by atoms with E-state index >= 15 is 0 Å². The van der Waals surface area contributed by atoms with Crippen molar-refractivity contribution in [1.29, 1.82) is 0 Å². The quantitative estimate of drug-likeness (QED) is 0.0280. The van der Waals surface area contributed by atoms with Gasteiger partial charge in [-0.15, -0.1) is 0 Å². The Kier molecular flexibility index (Phi) is 24.6. The molecular weight excluding hydrogens is 972 g/mol. The summed E-state index contributed by atoms with van der Waals surface area (Å²) in [6.45, 7) is 26.8. The summed E-state index contributed by atoms with van der Waals surface area (Å²) in [6.07, 6.45) is 13.2. The SMILES string of the molecule is C=C(C)c1ccc(C(C)(C)CCC(CCCF)c2ccc(C(C)(C)CCC(CCCCC(CCF)c3ccc(C(C)(C)CCF)cc3)c3ccc(C(C)(C)CCC(CCF)c4ccc(C(C)(C)CCF)cc4)cc3)cc2)cc1. The van der Waals surface area contributed by atoms with E-state index in [-0.39, 0.29) is 78.2 Å². The molecule has 0 aromatic heterocycles. The van der Waals surface area contributed by atoms with E-state index in [9.17, 15) is 22.0 Å². The second-order valence-corrected chi connectivity index (χ2v) is 26.6. The van der Waals surface area contributed by atoms with Gasteiger partial charge in [-0.05, 0) is 203 Å². The number of halogens is 5. The van der Waals surface area contributed by atoms with E-state index in [4.69, 9.17) is 0 Å². The van der Waals surface area contributed by atoms with Crippen LogP contribution in [0.3, 0.4) is 0 Å². The molecule has 0 nitrogen and oxygen atoms in total. The van der Waals surface area contributed by atoms with Gasteiger partial charge in [0.15, 0.2) is 0 Å². The first-order valence-electron chi connectivity index (χ1n) is 30.0. The van der Waals surface area contributed by atoms with Crippen molar-refractivity contribution < 1.29 is 22.0 Å². The molecule has 5 heteroatoms. The molecule has 4 atom stereocenters. The molecule has 0 spiro atoms. The fraction of sp³-hybridized carbons (Fsp3) is 0.562. The fourth-order valence-corrected chi connectivity index (χ4v) is 12.1. The molecule has 428 valence electrons. The van der Waals surface area contributed by atoms with Crippen molar-refractivity contribution in [2.24, 2.45) is 0 Å². The van der Waals surface area contributed by atoms with E-state index in [0.29, 0.717) is 38.0 Å². The maximum absolute atomic E-state index is 14.1. The third-order valence-corrected chi connectivity index (χ3v) is 18.6. The number of hydrogen-bond donors (Lipinski definition) is 0. The predicted octanol–water partition coefficient (Wildman–Crippen LogP) is 22.3. The first kappa shape index (κ1) is 64.3. The molecule has 5 aromatic rings. The number of rotatable bonds is 35. The molecule has 5 aromatic carbocycles. The summed E-state index contributed by atoms with van der Waals surface area (Å²) in [5, 5.41) is 0. The van der Waals surface area contributed by atoms with E-state index < -0.39 is 0 Å². The lowest BCUT2D eigenvalue weighted by molar-refractivity contribution is 0.376. The van der Waals surface area contributed by atoms with Gasteiger partial charge < -0.3 is 0 Å². The first-order chi connectivity index (χ1) is 37.0. The van der Waals surface area contributed by atoms with Crippen LogP contribution in [0.4, 0.5) is 22.0 Å². The summed E-state index contributed by atoms with van der Waals surface area (Å²) in [4.78, 5) is 0. The summed E-state index contributed by atoms with van der Waals surface area (Å²) in [7, 11) is 0. The Balaban J connectivity index is 1.32. The van der Waals surface area contributed by atoms with Gasteiger partial charge in [0, 0.05) is 0 Å². The zero-order valence-electron chi connectivity index (χ0n) is 50.3. The number of hydrogen-bond acceptors (Lipinski definition) is 0. The molecule has 0 aliphatic carbocycles. The Morgan fingerprint density at radius 3 is 0.808 bits per heavy atom. The van der Waals surface area contributed by atoms with Crippen molar-refractivity contribution in [3.63, 3.8) is 0 Å². The van der Waals surface area contributed by atoms with Gasteiger partial charge in [0.05, 0.1) is 33.4 Å². The van der Waals surface area contributed by atoms with Crippen LogP contribution in [0, 0.1) is 0 Å². The molecule has 0 aliphatic rings. The van der Waals surface area contributed by atoms with Crippen molar-refractivity contribution in [3.05, 3.63) is 184 Å². The van der Waals surface area contributed by atoms with Crippen molar-refractivity contribution in [2.75, 3.05) is 33.4 Å². The van der Waals surface area contributed by atoms with E-state index in [0.717, 1.165) is 92.9 Å². The predicted molar refractivity (Wildman–Crippen MR) is 327 cm³/mol. The molecule has 0 N–H and O–H groups in total. The number of alkyl halides is 5. The Hall–Kier alpha value is -4.51. The molecule has 4 unspecified atom stereocenters. The summed E-state index contributed by atoms with van der Waals surface area (Å²) >= 11 is 0. The fourth-order valence-electron chi connectivity index (χ4n) is 12.1. The molecule has 78 heavy (non-hydrogen) atoms. The molecular formula is C73H101F5. The third kappa shape index (κ3) is 18.5. The lowest BCUT2D eigenvalue weighted by Gasteiger charge is -2.31. The van der Waals surface area contributed by atoms with E-state index in [1.165, 1.54) is 38.9 Å². The van der Waals surface area contributed by atoms with Crippen LogP contribution in [-0.2, 0) is 27.1 Å². The molecule has 0 aliphatic heterocycles. The minimum atomic E-state index is -0.364. The van der Waals surface area contributed by atoms with Crippen LogP contribution in [0.5, 0.6) is 0 Å². The van der Waals surface area contributed by atoms with Crippen LogP contribution >= 0.6 is 0 Å². The molecule has 0 heterocycles. The average molecular weight is 1070 g/mol. The lowest BCUT2D eigenvalue weighted by atomic mass is 9.74. The van der Waals surface area contributed by atoms with Gasteiger partial charge in [-0.1, -0.05) is 216 Å². The van der Waals surface area contributed by atoms with Crippen molar-refractivity contribution in [3.8, 4) is 0 Å². The molecule has 5 rings (SSSR count). The number of benzene rings is 5. The summed E-state index contributed by atoms with van der Waals surface area (Å²) in [5.74, 6) is 0.875. The smallest absolute Gasteiger partial charge is 0.0902 e. The molecule has 0 fully saturated rings. The van der Waals surface area contributed by atoms with Crippen molar-refractivity contribution >= 4 is 5.57 Å². The highest BCUT2D eigenvalue weighted by molar-refractivity contribution is 5.61. The zero-order chi connectivity index (χ0) is 57.2. The van der Waals surface area contributed by atoms with Gasteiger partial charge in [0.25, 0.3) is 0 Å². The minimum Gasteiger partial charge on any atom is -0.251 e. The number of allylic oxidation sites excluding steroid dienone is 1. The lowest BCUT2D eigenvalue weighted by Crippen LogP contribution is -2.20. The maximum Gasteiger partial charge on any atom is 0.0902 e. The van der Waals surface area contributed by atoms with Gasteiger partial charge in [0.2, 0.25) is 0 Å². The first-order valence-corrected chi connectivity index (χ1v) is 30.0. The Labute approximate surface area is 471 Å². The largest absolute Gasteiger partial charge is 0.251 e. The topological polar surface area (TPSA) is 0 Å². The standard InChI is InChI=1S/C73H101F5/c1-54(2)55-19-29-64(30-20-55)69(3,4)45-40-57(18-15-49-74)60-23-33-65(34-24-60)70(5,6)44-39-56(16-13-14-17-58(42-50-75)61-25-35-67(36-26-61)72(9,10)47-52-77)59-21-31-66(32-22-59)71(7,8)46-41-63(43-51-76)62-27-37-68(38-28-62)73(11,12)48-53-78/h19-38,56-58,63H,1,13-18,39-53H2,2-12H3. The van der Waals surface area contributed by atoms with Crippen LogP contribution in [-0.4, -0.2) is 33.4 Å². The summed E-state index contributed by atoms with van der Waals surface area (Å²) < 4.78 is 68.5. The van der Waals surface area contributed by atoms with Crippen LogP contribution in [0.2, 0.25) is 0 Å². The second-order valence-electron chi connectivity index (χ2n) is 26.6. The normalized spacial score (nSPS) is 14.3. The van der Waals surface area contributed by atoms with Gasteiger partial charge in [0.1, 0.15) is 0 Å². The van der Waals surface area contributed by atoms with Crippen LogP contribution < -0.4 is 0 Å². The highest BCUT2D eigenvalue weighted by atomic mass is 19.1. The Bertz CT molecular complexity index is 2490. The highest BCUT2D eigenvalue weighted by Crippen LogP contribution is 2.41. The third-order valence-electron chi connectivity index (χ3n) is 18.6. The average Bonchev–Trinajstić information content (AvgIpc) is 3.42. The van der Waals surface area contributed by atoms with Gasteiger partial charge in [-0.2, -0.15) is 0 Å². The monoisotopic (exact) mass is 1070 g/mol.